The van der Waals surface area contributed by atoms with Crippen LogP contribution in [0.25, 0.3) is 5.69 Å². The largest absolute Gasteiger partial charge is 0.397 e. The lowest BCUT2D eigenvalue weighted by atomic mass is 10.3. The molecule has 0 unspecified atom stereocenters. The Kier molecular flexibility index (Phi) is 3.47. The zero-order chi connectivity index (χ0) is 14.9. The van der Waals surface area contributed by atoms with Crippen LogP contribution in [0.1, 0.15) is 10.5 Å². The smallest absolute Gasteiger partial charge is 0.271 e. The molecule has 1 aromatic heterocycles. The van der Waals surface area contributed by atoms with Gasteiger partial charge in [0.25, 0.3) is 5.91 Å². The summed E-state index contributed by atoms with van der Waals surface area (Å²) in [5, 5.41) is 11.5. The van der Waals surface area contributed by atoms with Gasteiger partial charge in [-0.15, -0.1) is 0 Å². The van der Waals surface area contributed by atoms with Gasteiger partial charge in [0, 0.05) is 13.2 Å². The number of primary sulfonamides is 1. The predicted octanol–water partition coefficient (Wildman–Crippen LogP) is -0.538. The van der Waals surface area contributed by atoms with Gasteiger partial charge in [-0.3, -0.25) is 4.79 Å². The Hall–Kier alpha value is -2.39. The number of carbonyl (C=O) groups is 1. The lowest BCUT2D eigenvalue weighted by Crippen LogP contribution is -2.18. The highest BCUT2D eigenvalue weighted by molar-refractivity contribution is 7.89. The summed E-state index contributed by atoms with van der Waals surface area (Å²) in [4.78, 5) is 11.3. The third-order valence-electron chi connectivity index (χ3n) is 2.62. The average Bonchev–Trinajstić information content (AvgIpc) is 2.86. The summed E-state index contributed by atoms with van der Waals surface area (Å²) < 4.78 is 23.8. The van der Waals surface area contributed by atoms with Crippen molar-refractivity contribution in [1.29, 1.82) is 0 Å². The first-order valence-electron chi connectivity index (χ1n) is 5.53. The van der Waals surface area contributed by atoms with Crippen LogP contribution in [0.5, 0.6) is 0 Å². The molecule has 2 aromatic rings. The number of amides is 1. The minimum absolute atomic E-state index is 0.0857. The molecule has 0 saturated carbocycles. The van der Waals surface area contributed by atoms with Crippen LogP contribution in [0.4, 0.5) is 5.69 Å². The van der Waals surface area contributed by atoms with Crippen LogP contribution >= 0.6 is 0 Å². The first kappa shape index (κ1) is 14.0. The monoisotopic (exact) mass is 295 g/mol. The molecule has 1 heterocycles. The number of hydrogen-bond donors (Lipinski definition) is 3. The van der Waals surface area contributed by atoms with Crippen LogP contribution in [-0.2, 0) is 10.0 Å². The standard InChI is InChI=1S/C11H13N5O3S/c1-14-11(17)9-4-5-16(15-9)10-3-2-7(6-8(10)12)20(13,18)19/h2-6H,12H2,1H3,(H,14,17)(H2,13,18,19). The highest BCUT2D eigenvalue weighted by Crippen LogP contribution is 2.20. The predicted molar refractivity (Wildman–Crippen MR) is 72.7 cm³/mol. The molecule has 0 radical (unpaired) electrons. The van der Waals surface area contributed by atoms with E-state index in [1.807, 2.05) is 0 Å². The zero-order valence-corrected chi connectivity index (χ0v) is 11.4. The van der Waals surface area contributed by atoms with E-state index in [1.165, 1.54) is 36.0 Å². The normalized spacial score (nSPS) is 11.3. The van der Waals surface area contributed by atoms with Crippen molar-refractivity contribution in [3.63, 3.8) is 0 Å². The van der Waals surface area contributed by atoms with Crippen molar-refractivity contribution in [1.82, 2.24) is 15.1 Å². The number of benzene rings is 1. The molecule has 8 nitrogen and oxygen atoms in total. The van der Waals surface area contributed by atoms with Gasteiger partial charge in [-0.05, 0) is 24.3 Å². The summed E-state index contributed by atoms with van der Waals surface area (Å²) in [6, 6.07) is 5.55. The van der Waals surface area contributed by atoms with Crippen molar-refractivity contribution in [3.8, 4) is 5.69 Å². The van der Waals surface area contributed by atoms with Crippen molar-refractivity contribution in [2.75, 3.05) is 12.8 Å². The number of nitrogens with zero attached hydrogens (tertiary/aromatic N) is 2. The van der Waals surface area contributed by atoms with Gasteiger partial charge >= 0.3 is 0 Å². The summed E-state index contributed by atoms with van der Waals surface area (Å²) >= 11 is 0. The fourth-order valence-corrected chi connectivity index (χ4v) is 2.17. The third kappa shape index (κ3) is 2.63. The third-order valence-corrected chi connectivity index (χ3v) is 3.53. The topological polar surface area (TPSA) is 133 Å². The van der Waals surface area contributed by atoms with Gasteiger partial charge in [0.15, 0.2) is 5.69 Å². The van der Waals surface area contributed by atoms with E-state index < -0.39 is 10.0 Å². The molecule has 106 valence electrons. The molecule has 0 aliphatic heterocycles. The molecular weight excluding hydrogens is 282 g/mol. The first-order chi connectivity index (χ1) is 9.32. The van der Waals surface area contributed by atoms with E-state index in [0.29, 0.717) is 5.69 Å². The highest BCUT2D eigenvalue weighted by atomic mass is 32.2. The van der Waals surface area contributed by atoms with Crippen LogP contribution in [0.15, 0.2) is 35.4 Å². The number of aromatic nitrogens is 2. The van der Waals surface area contributed by atoms with E-state index in [2.05, 4.69) is 10.4 Å². The Bertz CT molecular complexity index is 766. The Labute approximate surface area is 115 Å². The number of rotatable bonds is 3. The van der Waals surface area contributed by atoms with E-state index in [9.17, 15) is 13.2 Å². The second-order valence-corrected chi connectivity index (χ2v) is 5.55. The van der Waals surface area contributed by atoms with Crippen LogP contribution in [0.2, 0.25) is 0 Å². The maximum absolute atomic E-state index is 11.4. The molecule has 0 saturated heterocycles. The van der Waals surface area contributed by atoms with Crippen LogP contribution in [0.3, 0.4) is 0 Å². The summed E-state index contributed by atoms with van der Waals surface area (Å²) in [6.07, 6.45) is 1.55. The minimum Gasteiger partial charge on any atom is -0.397 e. The van der Waals surface area contributed by atoms with Crippen molar-refractivity contribution < 1.29 is 13.2 Å². The van der Waals surface area contributed by atoms with E-state index in [0.717, 1.165) is 0 Å². The second-order valence-electron chi connectivity index (χ2n) is 3.99. The molecule has 20 heavy (non-hydrogen) atoms. The average molecular weight is 295 g/mol. The number of nitrogens with two attached hydrogens (primary N) is 2. The van der Waals surface area contributed by atoms with Crippen molar-refractivity contribution in [3.05, 3.63) is 36.2 Å². The van der Waals surface area contributed by atoms with Gasteiger partial charge in [0.05, 0.1) is 16.3 Å². The molecule has 0 aliphatic carbocycles. The van der Waals surface area contributed by atoms with Gasteiger partial charge in [0.2, 0.25) is 10.0 Å². The summed E-state index contributed by atoms with van der Waals surface area (Å²) in [7, 11) is -2.31. The van der Waals surface area contributed by atoms with Gasteiger partial charge in [-0.2, -0.15) is 5.10 Å². The highest BCUT2D eigenvalue weighted by Gasteiger charge is 2.13. The zero-order valence-electron chi connectivity index (χ0n) is 10.6. The quantitative estimate of drug-likeness (QED) is 0.654. The maximum Gasteiger partial charge on any atom is 0.271 e. The van der Waals surface area contributed by atoms with Crippen LogP contribution in [-0.4, -0.2) is 31.2 Å². The summed E-state index contributed by atoms with van der Waals surface area (Å²) in [5.41, 5.74) is 6.65. The van der Waals surface area contributed by atoms with E-state index in [-0.39, 0.29) is 22.2 Å². The maximum atomic E-state index is 11.4. The van der Waals surface area contributed by atoms with Crippen molar-refractivity contribution in [2.24, 2.45) is 5.14 Å². The van der Waals surface area contributed by atoms with E-state index in [4.69, 9.17) is 10.9 Å². The molecular formula is C11H13N5O3S. The number of hydrogen-bond acceptors (Lipinski definition) is 5. The molecule has 2 rings (SSSR count). The Morgan fingerprint density at radius 1 is 1.35 bits per heavy atom. The Morgan fingerprint density at radius 2 is 2.05 bits per heavy atom. The lowest BCUT2D eigenvalue weighted by Gasteiger charge is -2.07. The van der Waals surface area contributed by atoms with Gasteiger partial charge in [-0.1, -0.05) is 0 Å². The molecule has 1 amide bonds. The Balaban J connectivity index is 2.44. The molecule has 0 bridgehead atoms. The summed E-state index contributed by atoms with van der Waals surface area (Å²) in [6.45, 7) is 0. The summed E-state index contributed by atoms with van der Waals surface area (Å²) in [5.74, 6) is -0.330. The fourth-order valence-electron chi connectivity index (χ4n) is 1.63. The van der Waals surface area contributed by atoms with Gasteiger partial charge < -0.3 is 11.1 Å². The molecule has 0 spiro atoms. The number of nitrogen functional groups attached to an aromatic ring is 1. The number of anilines is 1. The molecule has 0 atom stereocenters. The van der Waals surface area contributed by atoms with Crippen LogP contribution in [0, 0.1) is 0 Å². The molecule has 0 aliphatic rings. The fraction of sp³-hybridized carbons (Fsp3) is 0.0909. The number of carbonyl (C=O) groups excluding carboxylic acids is 1. The first-order valence-corrected chi connectivity index (χ1v) is 7.08. The molecule has 1 aromatic carbocycles. The van der Waals surface area contributed by atoms with Crippen LogP contribution < -0.4 is 16.2 Å². The number of nitrogens with one attached hydrogen (secondary N) is 1. The molecule has 5 N–H and O–H groups in total. The van der Waals surface area contributed by atoms with Crippen molar-refractivity contribution in [2.45, 2.75) is 4.90 Å². The SMILES string of the molecule is CNC(=O)c1ccn(-c2ccc(S(N)(=O)=O)cc2N)n1. The molecule has 0 fully saturated rings. The van der Waals surface area contributed by atoms with Gasteiger partial charge in [-0.25, -0.2) is 18.2 Å². The van der Waals surface area contributed by atoms with E-state index in [1.54, 1.807) is 6.20 Å². The lowest BCUT2D eigenvalue weighted by molar-refractivity contribution is 0.0957. The second kappa shape index (κ2) is 4.94. The molecule has 9 heteroatoms. The van der Waals surface area contributed by atoms with E-state index >= 15 is 0 Å². The van der Waals surface area contributed by atoms with Gasteiger partial charge in [0.1, 0.15) is 0 Å². The minimum atomic E-state index is -3.81. The number of sulfonamides is 1. The van der Waals surface area contributed by atoms with Crippen molar-refractivity contribution >= 4 is 21.6 Å². The Morgan fingerprint density at radius 3 is 2.60 bits per heavy atom.